The van der Waals surface area contributed by atoms with Crippen LogP contribution in [0.4, 0.5) is 0 Å². The highest BCUT2D eigenvalue weighted by molar-refractivity contribution is 9.10. The molecule has 1 atom stereocenters. The van der Waals surface area contributed by atoms with Crippen molar-refractivity contribution >= 4 is 38.7 Å². The highest BCUT2D eigenvalue weighted by Gasteiger charge is 2.10. The minimum absolute atomic E-state index is 0. The average Bonchev–Trinajstić information content (AvgIpc) is 2.05. The summed E-state index contributed by atoms with van der Waals surface area (Å²) in [5.41, 5.74) is 0.698. The molecule has 0 aromatic carbocycles. The van der Waals surface area contributed by atoms with Gasteiger partial charge in [-0.25, -0.2) is 0 Å². The third-order valence-corrected chi connectivity index (χ3v) is 1.74. The van der Waals surface area contributed by atoms with E-state index in [1.54, 1.807) is 24.5 Å². The fourth-order valence-electron chi connectivity index (χ4n) is 0.746. The van der Waals surface area contributed by atoms with Gasteiger partial charge in [0.2, 0.25) is 0 Å². The van der Waals surface area contributed by atoms with Gasteiger partial charge >= 0.3 is 0 Å². The fourth-order valence-corrected chi connectivity index (χ4v) is 1.01. The van der Waals surface area contributed by atoms with Gasteiger partial charge < -0.3 is 0 Å². The summed E-state index contributed by atoms with van der Waals surface area (Å²) in [6, 6.07) is 3.42. The van der Waals surface area contributed by atoms with Crippen molar-refractivity contribution in [3.05, 3.63) is 30.1 Å². The fraction of sp³-hybridized carbons (Fsp3) is 0.250. The molecule has 1 rings (SSSR count). The number of ketones is 1. The van der Waals surface area contributed by atoms with Crippen molar-refractivity contribution in [3.63, 3.8) is 0 Å². The number of hydrogen-bond acceptors (Lipinski definition) is 2. The summed E-state index contributed by atoms with van der Waals surface area (Å²) in [6.45, 7) is 1.81. The van der Waals surface area contributed by atoms with Gasteiger partial charge in [0, 0.05) is 18.0 Å². The maximum Gasteiger partial charge on any atom is 0.176 e. The van der Waals surface area contributed by atoms with Crippen molar-refractivity contribution in [1.82, 2.24) is 4.98 Å². The molecule has 1 aromatic heterocycles. The van der Waals surface area contributed by atoms with Crippen LogP contribution >= 0.6 is 32.9 Å². The van der Waals surface area contributed by atoms with Crippen molar-refractivity contribution in [2.75, 3.05) is 0 Å². The van der Waals surface area contributed by atoms with E-state index in [-0.39, 0.29) is 27.6 Å². The van der Waals surface area contributed by atoms with E-state index in [2.05, 4.69) is 20.9 Å². The molecule has 0 aliphatic carbocycles. The van der Waals surface area contributed by atoms with Crippen LogP contribution in [0.25, 0.3) is 0 Å². The van der Waals surface area contributed by atoms with Crippen LogP contribution in [0.5, 0.6) is 0 Å². The zero-order chi connectivity index (χ0) is 8.27. The van der Waals surface area contributed by atoms with E-state index in [0.29, 0.717) is 5.56 Å². The topological polar surface area (TPSA) is 30.0 Å². The Hall–Kier alpha value is -0.220. The molecule has 1 aromatic rings. The van der Waals surface area contributed by atoms with E-state index >= 15 is 0 Å². The standard InChI is InChI=1S/C8H8BrNO.BrH/c1-6(9)8(11)7-2-4-10-5-3-7;/h2-6H,1H3;1H. The molecule has 0 saturated heterocycles. The molecule has 0 amide bonds. The van der Waals surface area contributed by atoms with E-state index in [0.717, 1.165) is 0 Å². The Balaban J connectivity index is 0.00000121. The Kier molecular flexibility index (Phi) is 5.33. The highest BCUT2D eigenvalue weighted by atomic mass is 79.9. The highest BCUT2D eigenvalue weighted by Crippen LogP contribution is 2.07. The monoisotopic (exact) mass is 293 g/mol. The van der Waals surface area contributed by atoms with Crippen molar-refractivity contribution < 1.29 is 4.79 Å². The van der Waals surface area contributed by atoms with Gasteiger partial charge in [0.25, 0.3) is 0 Å². The van der Waals surface area contributed by atoms with Crippen LogP contribution in [0.3, 0.4) is 0 Å². The number of alkyl halides is 1. The zero-order valence-electron chi connectivity index (χ0n) is 6.53. The number of nitrogens with zero attached hydrogens (tertiary/aromatic N) is 1. The first kappa shape index (κ1) is 11.8. The van der Waals surface area contributed by atoms with Gasteiger partial charge in [0.1, 0.15) is 0 Å². The zero-order valence-corrected chi connectivity index (χ0v) is 9.83. The number of aromatic nitrogens is 1. The Bertz CT molecular complexity index is 248. The van der Waals surface area contributed by atoms with E-state index in [1.165, 1.54) is 0 Å². The molecule has 0 bridgehead atoms. The van der Waals surface area contributed by atoms with E-state index in [9.17, 15) is 4.79 Å². The average molecular weight is 295 g/mol. The number of pyridine rings is 1. The maximum absolute atomic E-state index is 11.3. The summed E-state index contributed by atoms with van der Waals surface area (Å²) >= 11 is 3.21. The lowest BCUT2D eigenvalue weighted by Gasteiger charge is -2.00. The second kappa shape index (κ2) is 5.43. The molecular formula is C8H9Br2NO. The lowest BCUT2D eigenvalue weighted by Crippen LogP contribution is -2.09. The first-order chi connectivity index (χ1) is 5.22. The normalized spacial score (nSPS) is 11.5. The molecule has 0 aliphatic rings. The molecule has 12 heavy (non-hydrogen) atoms. The van der Waals surface area contributed by atoms with Gasteiger partial charge in [-0.05, 0) is 19.1 Å². The Morgan fingerprint density at radius 2 is 2.00 bits per heavy atom. The van der Waals surface area contributed by atoms with Gasteiger partial charge in [-0.3, -0.25) is 9.78 Å². The van der Waals surface area contributed by atoms with Gasteiger partial charge in [-0.1, -0.05) is 15.9 Å². The Labute approximate surface area is 90.3 Å². The third kappa shape index (κ3) is 3.03. The second-order valence-electron chi connectivity index (χ2n) is 2.22. The van der Waals surface area contributed by atoms with Crippen LogP contribution in [0.15, 0.2) is 24.5 Å². The van der Waals surface area contributed by atoms with E-state index in [1.807, 2.05) is 6.92 Å². The van der Waals surface area contributed by atoms with Gasteiger partial charge in [0.05, 0.1) is 4.83 Å². The number of rotatable bonds is 2. The maximum atomic E-state index is 11.3. The lowest BCUT2D eigenvalue weighted by molar-refractivity contribution is 0.0996. The number of hydrogen-bond donors (Lipinski definition) is 0. The summed E-state index contributed by atoms with van der Waals surface area (Å²) < 4.78 is 0. The van der Waals surface area contributed by atoms with Crippen LogP contribution < -0.4 is 0 Å². The predicted molar refractivity (Wildman–Crippen MR) is 57.3 cm³/mol. The lowest BCUT2D eigenvalue weighted by atomic mass is 10.1. The molecule has 0 N–H and O–H groups in total. The molecule has 0 fully saturated rings. The number of Topliss-reactive ketones (excluding diaryl/α,β-unsaturated/α-hetero) is 1. The largest absolute Gasteiger partial charge is 0.293 e. The van der Waals surface area contributed by atoms with Crippen LogP contribution in [0.1, 0.15) is 17.3 Å². The predicted octanol–water partition coefficient (Wildman–Crippen LogP) is 2.63. The minimum atomic E-state index is -0.120. The molecule has 66 valence electrons. The van der Waals surface area contributed by atoms with Crippen LogP contribution in [-0.4, -0.2) is 15.6 Å². The molecule has 2 nitrogen and oxygen atoms in total. The van der Waals surface area contributed by atoms with Crippen LogP contribution in [0, 0.1) is 0 Å². The van der Waals surface area contributed by atoms with Crippen molar-refractivity contribution in [2.24, 2.45) is 0 Å². The number of carbonyl (C=O) groups excluding carboxylic acids is 1. The quantitative estimate of drug-likeness (QED) is 0.620. The van der Waals surface area contributed by atoms with E-state index in [4.69, 9.17) is 0 Å². The molecule has 4 heteroatoms. The third-order valence-electron chi connectivity index (χ3n) is 1.33. The molecule has 0 spiro atoms. The van der Waals surface area contributed by atoms with Crippen LogP contribution in [0.2, 0.25) is 0 Å². The van der Waals surface area contributed by atoms with Crippen LogP contribution in [-0.2, 0) is 0 Å². The van der Waals surface area contributed by atoms with Crippen molar-refractivity contribution in [2.45, 2.75) is 11.8 Å². The molecule has 0 saturated carbocycles. The summed E-state index contributed by atoms with van der Waals surface area (Å²) in [7, 11) is 0. The summed E-state index contributed by atoms with van der Waals surface area (Å²) in [6.07, 6.45) is 3.23. The number of halogens is 2. The van der Waals surface area contributed by atoms with Crippen molar-refractivity contribution in [1.29, 1.82) is 0 Å². The molecular weight excluding hydrogens is 286 g/mol. The minimum Gasteiger partial charge on any atom is -0.293 e. The SMILES string of the molecule is Br.CC(Br)C(=O)c1ccncc1. The summed E-state index contributed by atoms with van der Waals surface area (Å²) in [4.78, 5) is 15.0. The smallest absolute Gasteiger partial charge is 0.176 e. The van der Waals surface area contributed by atoms with Gasteiger partial charge in [-0.15, -0.1) is 17.0 Å². The first-order valence-electron chi connectivity index (χ1n) is 3.30. The summed E-state index contributed by atoms with van der Waals surface area (Å²) in [5.74, 6) is 0.0902. The number of carbonyl (C=O) groups is 1. The molecule has 1 heterocycles. The van der Waals surface area contributed by atoms with E-state index < -0.39 is 0 Å². The first-order valence-corrected chi connectivity index (χ1v) is 4.21. The van der Waals surface area contributed by atoms with Gasteiger partial charge in [-0.2, -0.15) is 0 Å². The van der Waals surface area contributed by atoms with Crippen molar-refractivity contribution in [3.8, 4) is 0 Å². The molecule has 1 unspecified atom stereocenters. The molecule has 0 radical (unpaired) electrons. The van der Waals surface area contributed by atoms with Gasteiger partial charge in [0.15, 0.2) is 5.78 Å². The molecule has 0 aliphatic heterocycles. The second-order valence-corrected chi connectivity index (χ2v) is 3.59. The Morgan fingerprint density at radius 3 is 2.42 bits per heavy atom. The summed E-state index contributed by atoms with van der Waals surface area (Å²) in [5, 5.41) is 0. The Morgan fingerprint density at radius 1 is 1.50 bits per heavy atom.